The van der Waals surface area contributed by atoms with Gasteiger partial charge in [-0.05, 0) is 12.0 Å². The molecule has 1 aromatic carbocycles. The fraction of sp³-hybridized carbons (Fsp3) is 0.364. The summed E-state index contributed by atoms with van der Waals surface area (Å²) >= 11 is 5.97. The Morgan fingerprint density at radius 1 is 1.40 bits per heavy atom. The first-order chi connectivity index (χ1) is 7.15. The van der Waals surface area contributed by atoms with Crippen LogP contribution in [-0.4, -0.2) is 13.1 Å². The summed E-state index contributed by atoms with van der Waals surface area (Å²) in [4.78, 5) is 10.9. The second-order valence-electron chi connectivity index (χ2n) is 3.70. The summed E-state index contributed by atoms with van der Waals surface area (Å²) in [6.07, 6.45) is 0.795. The van der Waals surface area contributed by atoms with E-state index in [9.17, 15) is 4.79 Å². The van der Waals surface area contributed by atoms with Crippen molar-refractivity contribution < 1.29 is 14.3 Å². The molecule has 2 rings (SSSR count). The largest absolute Gasteiger partial charge is 0.453 e. The van der Waals surface area contributed by atoms with E-state index in [0.29, 0.717) is 22.1 Å². The van der Waals surface area contributed by atoms with Gasteiger partial charge in [-0.1, -0.05) is 25.4 Å². The standard InChI is InChI=1S/C11H11ClO3/c1-6(2)9-7(4-13)3-8(12)10-11(9)15-5-14-10/h3-4,6H,5H2,1-2H3. The SMILES string of the molecule is CC(C)c1c(C=O)cc(Cl)c2c1OCO2. The van der Waals surface area contributed by atoms with Crippen LogP contribution in [0.3, 0.4) is 0 Å². The molecule has 0 fully saturated rings. The first-order valence-electron chi connectivity index (χ1n) is 4.72. The second-order valence-corrected chi connectivity index (χ2v) is 4.11. The van der Waals surface area contributed by atoms with Crippen molar-refractivity contribution in [2.75, 3.05) is 6.79 Å². The Bertz CT molecular complexity index is 413. The number of hydrogen-bond donors (Lipinski definition) is 0. The highest BCUT2D eigenvalue weighted by atomic mass is 35.5. The van der Waals surface area contributed by atoms with Crippen LogP contribution in [0.4, 0.5) is 0 Å². The monoisotopic (exact) mass is 226 g/mol. The lowest BCUT2D eigenvalue weighted by molar-refractivity contribution is 0.112. The lowest BCUT2D eigenvalue weighted by atomic mass is 9.96. The molecule has 80 valence electrons. The molecule has 15 heavy (non-hydrogen) atoms. The van der Waals surface area contributed by atoms with Gasteiger partial charge in [0, 0.05) is 11.1 Å². The molecule has 0 spiro atoms. The van der Waals surface area contributed by atoms with E-state index in [0.717, 1.165) is 11.8 Å². The van der Waals surface area contributed by atoms with Gasteiger partial charge in [-0.2, -0.15) is 0 Å². The predicted molar refractivity (Wildman–Crippen MR) is 57.1 cm³/mol. The Morgan fingerprint density at radius 2 is 2.07 bits per heavy atom. The normalized spacial score (nSPS) is 13.3. The van der Waals surface area contributed by atoms with Crippen LogP contribution in [0.5, 0.6) is 11.5 Å². The summed E-state index contributed by atoms with van der Waals surface area (Å²) in [5.41, 5.74) is 1.43. The number of halogens is 1. The summed E-state index contributed by atoms with van der Waals surface area (Å²) in [7, 11) is 0. The third-order valence-corrected chi connectivity index (χ3v) is 2.65. The zero-order chi connectivity index (χ0) is 11.0. The highest BCUT2D eigenvalue weighted by Crippen LogP contribution is 2.45. The molecule has 4 heteroatoms. The molecular weight excluding hydrogens is 216 g/mol. The first-order valence-corrected chi connectivity index (χ1v) is 5.10. The van der Waals surface area contributed by atoms with Crippen LogP contribution in [0.2, 0.25) is 5.02 Å². The van der Waals surface area contributed by atoms with Gasteiger partial charge in [0.1, 0.15) is 0 Å². The van der Waals surface area contributed by atoms with Gasteiger partial charge < -0.3 is 9.47 Å². The van der Waals surface area contributed by atoms with Crippen LogP contribution in [0.1, 0.15) is 35.7 Å². The fourth-order valence-electron chi connectivity index (χ4n) is 1.76. The maximum atomic E-state index is 10.9. The molecule has 0 radical (unpaired) electrons. The van der Waals surface area contributed by atoms with Gasteiger partial charge in [0.15, 0.2) is 17.8 Å². The molecule has 1 aliphatic heterocycles. The van der Waals surface area contributed by atoms with E-state index in [-0.39, 0.29) is 12.7 Å². The molecule has 1 heterocycles. The summed E-state index contributed by atoms with van der Waals surface area (Å²) in [5.74, 6) is 1.35. The molecule has 0 N–H and O–H groups in total. The van der Waals surface area contributed by atoms with Crippen LogP contribution in [0, 0.1) is 0 Å². The molecule has 0 bridgehead atoms. The zero-order valence-electron chi connectivity index (χ0n) is 8.54. The molecule has 0 aliphatic carbocycles. The number of carbonyl (C=O) groups excluding carboxylic acids is 1. The van der Waals surface area contributed by atoms with Crippen LogP contribution in [-0.2, 0) is 0 Å². The topological polar surface area (TPSA) is 35.5 Å². The lowest BCUT2D eigenvalue weighted by Gasteiger charge is -2.12. The van der Waals surface area contributed by atoms with Gasteiger partial charge in [-0.15, -0.1) is 0 Å². The number of benzene rings is 1. The molecular formula is C11H11ClO3. The average molecular weight is 227 g/mol. The Balaban J connectivity index is 2.70. The van der Waals surface area contributed by atoms with E-state index in [4.69, 9.17) is 21.1 Å². The van der Waals surface area contributed by atoms with Crippen LogP contribution in [0.15, 0.2) is 6.07 Å². The van der Waals surface area contributed by atoms with E-state index >= 15 is 0 Å². The fourth-order valence-corrected chi connectivity index (χ4v) is 2.02. The number of aldehydes is 1. The van der Waals surface area contributed by atoms with Gasteiger partial charge in [0.25, 0.3) is 0 Å². The average Bonchev–Trinajstić information content (AvgIpc) is 2.65. The Labute approximate surface area is 92.9 Å². The number of carbonyl (C=O) groups is 1. The van der Waals surface area contributed by atoms with Crippen molar-refractivity contribution in [2.24, 2.45) is 0 Å². The predicted octanol–water partition coefficient (Wildman–Crippen LogP) is 3.00. The Kier molecular flexibility index (Phi) is 2.57. The van der Waals surface area contributed by atoms with Crippen molar-refractivity contribution in [1.29, 1.82) is 0 Å². The van der Waals surface area contributed by atoms with E-state index < -0.39 is 0 Å². The molecule has 0 saturated heterocycles. The highest BCUT2D eigenvalue weighted by molar-refractivity contribution is 6.32. The minimum atomic E-state index is 0.164. The maximum absolute atomic E-state index is 10.9. The van der Waals surface area contributed by atoms with Crippen LogP contribution in [0.25, 0.3) is 0 Å². The number of ether oxygens (including phenoxy) is 2. The number of fused-ring (bicyclic) bond motifs is 1. The summed E-state index contributed by atoms with van der Waals surface area (Å²) < 4.78 is 10.6. The van der Waals surface area contributed by atoms with Gasteiger partial charge in [0.05, 0.1) is 5.02 Å². The first kappa shape index (κ1) is 10.3. The second kappa shape index (κ2) is 3.74. The molecule has 0 saturated carbocycles. The quantitative estimate of drug-likeness (QED) is 0.728. The van der Waals surface area contributed by atoms with E-state index in [1.807, 2.05) is 13.8 Å². The zero-order valence-corrected chi connectivity index (χ0v) is 9.30. The van der Waals surface area contributed by atoms with E-state index in [1.165, 1.54) is 0 Å². The lowest BCUT2D eigenvalue weighted by Crippen LogP contribution is -1.99. The molecule has 1 aliphatic rings. The maximum Gasteiger partial charge on any atom is 0.231 e. The van der Waals surface area contributed by atoms with Gasteiger partial charge in [-0.3, -0.25) is 4.79 Å². The van der Waals surface area contributed by atoms with Gasteiger partial charge >= 0.3 is 0 Å². The number of hydrogen-bond acceptors (Lipinski definition) is 3. The third kappa shape index (κ3) is 1.57. The molecule has 0 amide bonds. The summed E-state index contributed by atoms with van der Waals surface area (Å²) in [5, 5.41) is 0.425. The summed E-state index contributed by atoms with van der Waals surface area (Å²) in [6.45, 7) is 4.16. The smallest absolute Gasteiger partial charge is 0.231 e. The molecule has 0 aromatic heterocycles. The molecule has 1 aromatic rings. The molecule has 3 nitrogen and oxygen atoms in total. The van der Waals surface area contributed by atoms with Crippen molar-refractivity contribution in [1.82, 2.24) is 0 Å². The molecule has 0 unspecified atom stereocenters. The van der Waals surface area contributed by atoms with Crippen LogP contribution < -0.4 is 9.47 Å². The summed E-state index contributed by atoms with van der Waals surface area (Å²) in [6, 6.07) is 1.62. The highest BCUT2D eigenvalue weighted by Gasteiger charge is 2.25. The van der Waals surface area contributed by atoms with Gasteiger partial charge in [-0.25, -0.2) is 0 Å². The van der Waals surface area contributed by atoms with Crippen LogP contribution >= 0.6 is 11.6 Å². The Hall–Kier alpha value is -1.22. The van der Waals surface area contributed by atoms with Gasteiger partial charge in [0.2, 0.25) is 6.79 Å². The van der Waals surface area contributed by atoms with Crippen molar-refractivity contribution in [3.63, 3.8) is 0 Å². The molecule has 0 atom stereocenters. The van der Waals surface area contributed by atoms with E-state index in [2.05, 4.69) is 0 Å². The van der Waals surface area contributed by atoms with Crippen molar-refractivity contribution in [2.45, 2.75) is 19.8 Å². The van der Waals surface area contributed by atoms with Crippen molar-refractivity contribution >= 4 is 17.9 Å². The van der Waals surface area contributed by atoms with E-state index in [1.54, 1.807) is 6.07 Å². The minimum Gasteiger partial charge on any atom is -0.453 e. The van der Waals surface area contributed by atoms with Crippen molar-refractivity contribution in [3.8, 4) is 11.5 Å². The third-order valence-electron chi connectivity index (χ3n) is 2.37. The Morgan fingerprint density at radius 3 is 2.67 bits per heavy atom. The minimum absolute atomic E-state index is 0.164. The number of rotatable bonds is 2. The van der Waals surface area contributed by atoms with Crippen molar-refractivity contribution in [3.05, 3.63) is 22.2 Å².